The van der Waals surface area contributed by atoms with Crippen molar-refractivity contribution in [3.05, 3.63) is 46.8 Å². The fourth-order valence-corrected chi connectivity index (χ4v) is 4.81. The molecular weight excluding hydrogens is 564 g/mol. The number of hydrogen-bond donors (Lipinski definition) is 8. The summed E-state index contributed by atoms with van der Waals surface area (Å²) in [5.41, 5.74) is -2.26. The number of aliphatic hydroxyl groups is 6. The maximum absolute atomic E-state index is 12.4. The van der Waals surface area contributed by atoms with Crippen molar-refractivity contribution in [1.82, 2.24) is 0 Å². The summed E-state index contributed by atoms with van der Waals surface area (Å²) in [6.07, 6.45) is -11.1. The van der Waals surface area contributed by atoms with Crippen molar-refractivity contribution < 1.29 is 69.0 Å². The summed E-state index contributed by atoms with van der Waals surface area (Å²) in [5, 5.41) is 81.5. The molecule has 15 nitrogen and oxygen atoms in total. The quantitative estimate of drug-likeness (QED) is 0.110. The third kappa shape index (κ3) is 5.49. The summed E-state index contributed by atoms with van der Waals surface area (Å²) in [6.45, 7) is -1.87. The summed E-state index contributed by atoms with van der Waals surface area (Å²) >= 11 is 0. The number of rotatable bonds is 8. The lowest BCUT2D eigenvalue weighted by atomic mass is 9.98. The van der Waals surface area contributed by atoms with Crippen LogP contribution in [0.25, 0.3) is 22.1 Å². The lowest BCUT2D eigenvalue weighted by Crippen LogP contribution is -2.60. The molecule has 0 bridgehead atoms. The Balaban J connectivity index is 1.42. The van der Waals surface area contributed by atoms with Gasteiger partial charge < -0.3 is 69.0 Å². The van der Waals surface area contributed by atoms with Crippen LogP contribution >= 0.6 is 0 Å². The van der Waals surface area contributed by atoms with E-state index in [9.17, 15) is 45.6 Å². The van der Waals surface area contributed by atoms with Gasteiger partial charge in [0.25, 0.3) is 0 Å². The number of aliphatic hydroxyl groups excluding tert-OH is 5. The second-order valence-electron chi connectivity index (χ2n) is 10.0. The highest BCUT2D eigenvalue weighted by molar-refractivity contribution is 5.98. The molecule has 0 saturated carbocycles. The van der Waals surface area contributed by atoms with Gasteiger partial charge in [-0.1, -0.05) is 6.07 Å². The minimum atomic E-state index is -2.10. The highest BCUT2D eigenvalue weighted by Crippen LogP contribution is 2.41. The predicted molar refractivity (Wildman–Crippen MR) is 139 cm³/mol. The molecule has 8 atom stereocenters. The zero-order valence-corrected chi connectivity index (χ0v) is 22.1. The molecule has 228 valence electrons. The molecule has 0 aliphatic carbocycles. The van der Waals surface area contributed by atoms with Gasteiger partial charge in [0.1, 0.15) is 53.2 Å². The topological polar surface area (TPSA) is 238 Å². The van der Waals surface area contributed by atoms with Gasteiger partial charge in [0.15, 0.2) is 17.8 Å². The fourth-order valence-electron chi connectivity index (χ4n) is 4.81. The van der Waals surface area contributed by atoms with Crippen LogP contribution in [0.15, 0.2) is 45.6 Å². The molecule has 0 radical (unpaired) electrons. The minimum Gasteiger partial charge on any atom is -0.504 e. The largest absolute Gasteiger partial charge is 0.504 e. The number of fused-ring (bicyclic) bond motifs is 1. The number of benzene rings is 2. The predicted octanol–water partition coefficient (Wildman–Crippen LogP) is -1.48. The highest BCUT2D eigenvalue weighted by Gasteiger charge is 2.52. The maximum atomic E-state index is 12.4. The number of phenolic OH excluding ortho intramolecular Hbond substituents is 2. The van der Waals surface area contributed by atoms with Gasteiger partial charge in [0, 0.05) is 23.8 Å². The Morgan fingerprint density at radius 3 is 2.43 bits per heavy atom. The van der Waals surface area contributed by atoms with Gasteiger partial charge in [0.05, 0.1) is 32.3 Å². The molecule has 2 aliphatic heterocycles. The summed E-state index contributed by atoms with van der Waals surface area (Å²) in [4.78, 5) is 12.4. The van der Waals surface area contributed by atoms with E-state index in [0.29, 0.717) is 5.56 Å². The van der Waals surface area contributed by atoms with Crippen LogP contribution in [0.1, 0.15) is 0 Å². The van der Waals surface area contributed by atoms with Crippen LogP contribution in [0.4, 0.5) is 0 Å². The lowest BCUT2D eigenvalue weighted by molar-refractivity contribution is -0.310. The van der Waals surface area contributed by atoms with E-state index in [0.717, 1.165) is 6.07 Å². The van der Waals surface area contributed by atoms with E-state index in [1.54, 1.807) is 0 Å². The van der Waals surface area contributed by atoms with E-state index in [2.05, 4.69) is 0 Å². The molecule has 0 amide bonds. The van der Waals surface area contributed by atoms with Gasteiger partial charge in [-0.25, -0.2) is 4.79 Å². The number of ether oxygens (including phenoxy) is 5. The Labute approximate surface area is 236 Å². The average molecular weight is 595 g/mol. The van der Waals surface area contributed by atoms with E-state index in [-0.39, 0.29) is 33.8 Å². The molecule has 0 spiro atoms. The Morgan fingerprint density at radius 1 is 0.976 bits per heavy atom. The zero-order valence-electron chi connectivity index (χ0n) is 22.1. The van der Waals surface area contributed by atoms with Crippen molar-refractivity contribution in [2.24, 2.45) is 0 Å². The first-order valence-corrected chi connectivity index (χ1v) is 12.7. The van der Waals surface area contributed by atoms with Crippen molar-refractivity contribution in [3.8, 4) is 34.1 Å². The van der Waals surface area contributed by atoms with E-state index in [1.165, 1.54) is 37.4 Å². The molecule has 2 unspecified atom stereocenters. The first kappa shape index (κ1) is 30.0. The molecular formula is C27H30O15. The summed E-state index contributed by atoms with van der Waals surface area (Å²) in [7, 11) is 1.36. The third-order valence-electron chi connectivity index (χ3n) is 7.20. The summed E-state index contributed by atoms with van der Waals surface area (Å²) < 4.78 is 32.8. The molecule has 3 heterocycles. The summed E-state index contributed by atoms with van der Waals surface area (Å²) in [5.74, 6) is -0.611. The highest BCUT2D eigenvalue weighted by atomic mass is 16.7. The first-order valence-electron chi connectivity index (χ1n) is 12.7. The van der Waals surface area contributed by atoms with E-state index < -0.39 is 79.9 Å². The van der Waals surface area contributed by atoms with Crippen LogP contribution < -0.4 is 15.1 Å². The van der Waals surface area contributed by atoms with E-state index in [4.69, 9.17) is 28.1 Å². The van der Waals surface area contributed by atoms with Crippen LogP contribution in [-0.2, 0) is 14.2 Å². The van der Waals surface area contributed by atoms with Crippen LogP contribution in [0.2, 0.25) is 0 Å². The maximum Gasteiger partial charge on any atom is 0.336 e. The van der Waals surface area contributed by atoms with E-state index in [1.807, 2.05) is 0 Å². The second kappa shape index (κ2) is 11.6. The second-order valence-corrected chi connectivity index (χ2v) is 10.0. The standard InChI is InChI=1S/C27H30O15/c1-37-12-5-16-20(13(7-19(31)40-16)11-2-3-14(29)15(30)4-11)17(6-12)41-26-24(35)27(36,10-39-26)9-38-25-23(34)22(33)21(32)18(8-28)42-25/h2-7,18,21-26,28-30,32-36H,8-10H2,1H3/t18-,21-,22+,23-,24+,25?,26?,27-/m0/s1. The van der Waals surface area contributed by atoms with Crippen LogP contribution in [0.3, 0.4) is 0 Å². The molecule has 3 aromatic rings. The van der Waals surface area contributed by atoms with Gasteiger partial charge in [-0.15, -0.1) is 0 Å². The number of phenols is 2. The molecule has 2 aromatic carbocycles. The molecule has 2 aliphatic rings. The molecule has 15 heteroatoms. The molecule has 1 aromatic heterocycles. The molecule has 2 fully saturated rings. The van der Waals surface area contributed by atoms with Crippen LogP contribution in [0, 0.1) is 0 Å². The Bertz CT molecular complexity index is 1490. The lowest BCUT2D eigenvalue weighted by Gasteiger charge is -2.40. The van der Waals surface area contributed by atoms with Crippen molar-refractivity contribution in [3.63, 3.8) is 0 Å². The SMILES string of the molecule is COc1cc(OC2OC[C@@](O)(COC3O[C@@H](CO)[C@H](O)[C@@H](O)[C@@H]3O)[C@@H]2O)c2c(-c3ccc(O)c(O)c3)cc(=O)oc2c1. The minimum absolute atomic E-state index is 0.00110. The van der Waals surface area contributed by atoms with Crippen molar-refractivity contribution in [1.29, 1.82) is 0 Å². The van der Waals surface area contributed by atoms with Gasteiger partial charge in [-0.2, -0.15) is 0 Å². The third-order valence-corrected chi connectivity index (χ3v) is 7.20. The molecule has 5 rings (SSSR count). The number of hydrogen-bond acceptors (Lipinski definition) is 15. The summed E-state index contributed by atoms with van der Waals surface area (Å²) in [6, 6.07) is 7.90. The molecule has 2 saturated heterocycles. The van der Waals surface area contributed by atoms with Gasteiger partial charge in [0.2, 0.25) is 6.29 Å². The van der Waals surface area contributed by atoms with Crippen LogP contribution in [-0.4, -0.2) is 116 Å². The number of aromatic hydroxyl groups is 2. The monoisotopic (exact) mass is 594 g/mol. The van der Waals surface area contributed by atoms with Gasteiger partial charge >= 0.3 is 5.63 Å². The Kier molecular flexibility index (Phi) is 8.30. The van der Waals surface area contributed by atoms with Crippen molar-refractivity contribution in [2.75, 3.05) is 26.9 Å². The van der Waals surface area contributed by atoms with Crippen molar-refractivity contribution >= 4 is 11.0 Å². The Hall–Kier alpha value is -3.51. The van der Waals surface area contributed by atoms with Crippen LogP contribution in [0.5, 0.6) is 23.0 Å². The molecule has 8 N–H and O–H groups in total. The fraction of sp³-hybridized carbons (Fsp3) is 0.444. The smallest absolute Gasteiger partial charge is 0.336 e. The van der Waals surface area contributed by atoms with Gasteiger partial charge in [-0.3, -0.25) is 0 Å². The van der Waals surface area contributed by atoms with Gasteiger partial charge in [-0.05, 0) is 17.7 Å². The normalized spacial score (nSPS) is 31.4. The average Bonchev–Trinajstić information content (AvgIpc) is 3.25. The molecule has 42 heavy (non-hydrogen) atoms. The Morgan fingerprint density at radius 2 is 1.74 bits per heavy atom. The number of methoxy groups -OCH3 is 1. The van der Waals surface area contributed by atoms with Crippen molar-refractivity contribution in [2.45, 2.75) is 48.7 Å². The van der Waals surface area contributed by atoms with E-state index >= 15 is 0 Å². The zero-order chi connectivity index (χ0) is 30.3. The first-order chi connectivity index (χ1) is 19.9.